The molecule has 1 amide bonds. The summed E-state index contributed by atoms with van der Waals surface area (Å²) in [4.78, 5) is 13.9. The summed E-state index contributed by atoms with van der Waals surface area (Å²) in [6, 6.07) is 17.4. The average molecular weight is 428 g/mol. The number of carbonyl (C=O) groups excluding carboxylic acids is 1. The average Bonchev–Trinajstić information content (AvgIpc) is 3.17. The second-order valence-corrected chi connectivity index (χ2v) is 7.47. The number of aromatic nitrogens is 4. The molecule has 3 aromatic rings. The highest BCUT2D eigenvalue weighted by molar-refractivity contribution is 9.10. The molecule has 0 radical (unpaired) electrons. The standard InChI is InChI=1S/C20H22BrN5O/c1-14(8-9-16-6-4-3-5-7-16)22-20(27)15(2)26-24-19(23-25-26)17-10-12-18(21)13-11-17/h3-7,10-15H,8-9H2,1-2H3,(H,22,27). The maximum Gasteiger partial charge on any atom is 0.246 e. The van der Waals surface area contributed by atoms with Crippen molar-refractivity contribution >= 4 is 21.8 Å². The van der Waals surface area contributed by atoms with E-state index in [-0.39, 0.29) is 11.9 Å². The normalized spacial score (nSPS) is 13.1. The van der Waals surface area contributed by atoms with E-state index in [1.807, 2.05) is 49.4 Å². The molecule has 2 unspecified atom stereocenters. The second kappa shape index (κ2) is 8.90. The minimum atomic E-state index is -0.527. The molecule has 0 aliphatic carbocycles. The van der Waals surface area contributed by atoms with E-state index in [0.29, 0.717) is 5.82 Å². The Kier molecular flexibility index (Phi) is 6.34. The van der Waals surface area contributed by atoms with E-state index in [4.69, 9.17) is 0 Å². The predicted molar refractivity (Wildman–Crippen MR) is 108 cm³/mol. The summed E-state index contributed by atoms with van der Waals surface area (Å²) in [5.41, 5.74) is 2.12. The van der Waals surface area contributed by atoms with Gasteiger partial charge in [-0.2, -0.15) is 4.80 Å². The molecule has 0 aliphatic heterocycles. The summed E-state index contributed by atoms with van der Waals surface area (Å²) >= 11 is 3.40. The summed E-state index contributed by atoms with van der Waals surface area (Å²) in [6.07, 6.45) is 1.80. The number of benzene rings is 2. The highest BCUT2D eigenvalue weighted by atomic mass is 79.9. The van der Waals surface area contributed by atoms with Gasteiger partial charge in [-0.3, -0.25) is 4.79 Å². The first kappa shape index (κ1) is 19.2. The van der Waals surface area contributed by atoms with Crippen LogP contribution in [0.2, 0.25) is 0 Å². The number of aryl methyl sites for hydroxylation is 1. The van der Waals surface area contributed by atoms with Gasteiger partial charge in [-0.1, -0.05) is 46.3 Å². The fraction of sp³-hybridized carbons (Fsp3) is 0.300. The smallest absolute Gasteiger partial charge is 0.246 e. The number of hydrogen-bond donors (Lipinski definition) is 1. The molecule has 0 spiro atoms. The molecule has 2 atom stereocenters. The van der Waals surface area contributed by atoms with Crippen LogP contribution < -0.4 is 5.32 Å². The van der Waals surface area contributed by atoms with Gasteiger partial charge < -0.3 is 5.32 Å². The van der Waals surface area contributed by atoms with Gasteiger partial charge in [-0.25, -0.2) is 0 Å². The lowest BCUT2D eigenvalue weighted by atomic mass is 10.1. The number of halogens is 1. The van der Waals surface area contributed by atoms with Gasteiger partial charge in [0, 0.05) is 16.1 Å². The molecule has 0 bridgehead atoms. The fourth-order valence-electron chi connectivity index (χ4n) is 2.67. The van der Waals surface area contributed by atoms with Crippen LogP contribution in [0.25, 0.3) is 11.4 Å². The van der Waals surface area contributed by atoms with Crippen molar-refractivity contribution in [2.75, 3.05) is 0 Å². The van der Waals surface area contributed by atoms with Crippen molar-refractivity contribution in [1.29, 1.82) is 0 Å². The molecular formula is C20H22BrN5O. The number of hydrogen-bond acceptors (Lipinski definition) is 4. The third kappa shape index (κ3) is 5.23. The van der Waals surface area contributed by atoms with Crippen molar-refractivity contribution in [3.63, 3.8) is 0 Å². The van der Waals surface area contributed by atoms with Crippen molar-refractivity contribution in [2.45, 2.75) is 38.8 Å². The number of nitrogens with one attached hydrogen (secondary N) is 1. The van der Waals surface area contributed by atoms with E-state index < -0.39 is 6.04 Å². The Hall–Kier alpha value is -2.54. The van der Waals surface area contributed by atoms with Crippen LogP contribution in [-0.4, -0.2) is 32.2 Å². The minimum absolute atomic E-state index is 0.0645. The van der Waals surface area contributed by atoms with Crippen molar-refractivity contribution < 1.29 is 4.79 Å². The van der Waals surface area contributed by atoms with Crippen LogP contribution in [0.5, 0.6) is 0 Å². The number of tetrazole rings is 1. The summed E-state index contributed by atoms with van der Waals surface area (Å²) in [6.45, 7) is 3.78. The SMILES string of the molecule is CC(CCc1ccccc1)NC(=O)C(C)n1nnc(-c2ccc(Br)cc2)n1. The molecule has 0 saturated heterocycles. The Morgan fingerprint density at radius 2 is 1.81 bits per heavy atom. The number of nitrogens with zero attached hydrogens (tertiary/aromatic N) is 4. The molecule has 140 valence electrons. The zero-order valence-electron chi connectivity index (χ0n) is 15.3. The van der Waals surface area contributed by atoms with E-state index in [1.165, 1.54) is 10.4 Å². The van der Waals surface area contributed by atoms with Gasteiger partial charge in [-0.05, 0) is 61.7 Å². The second-order valence-electron chi connectivity index (χ2n) is 6.55. The minimum Gasteiger partial charge on any atom is -0.352 e. The van der Waals surface area contributed by atoms with Gasteiger partial charge >= 0.3 is 0 Å². The van der Waals surface area contributed by atoms with Gasteiger partial charge in [0.2, 0.25) is 11.7 Å². The van der Waals surface area contributed by atoms with Crippen LogP contribution in [0.15, 0.2) is 59.1 Å². The van der Waals surface area contributed by atoms with E-state index in [1.54, 1.807) is 6.92 Å². The number of amides is 1. The van der Waals surface area contributed by atoms with Gasteiger partial charge in [0.25, 0.3) is 0 Å². The Labute approximate surface area is 167 Å². The zero-order valence-corrected chi connectivity index (χ0v) is 16.9. The molecule has 27 heavy (non-hydrogen) atoms. The van der Waals surface area contributed by atoms with Crippen LogP contribution in [0.4, 0.5) is 0 Å². The van der Waals surface area contributed by atoms with E-state index in [9.17, 15) is 4.79 Å². The first-order valence-corrected chi connectivity index (χ1v) is 9.72. The van der Waals surface area contributed by atoms with Gasteiger partial charge in [0.15, 0.2) is 0 Å². The lowest BCUT2D eigenvalue weighted by molar-refractivity contribution is -0.125. The summed E-state index contributed by atoms with van der Waals surface area (Å²) in [5, 5.41) is 15.5. The van der Waals surface area contributed by atoms with Gasteiger partial charge in [0.05, 0.1) is 0 Å². The molecule has 2 aromatic carbocycles. The lowest BCUT2D eigenvalue weighted by Gasteiger charge is -2.16. The topological polar surface area (TPSA) is 72.7 Å². The molecule has 1 heterocycles. The Bertz CT molecular complexity index is 879. The molecule has 0 aliphatic rings. The third-order valence-electron chi connectivity index (χ3n) is 4.35. The fourth-order valence-corrected chi connectivity index (χ4v) is 2.94. The molecule has 0 saturated carbocycles. The molecule has 7 heteroatoms. The summed E-state index contributed by atoms with van der Waals surface area (Å²) in [7, 11) is 0. The van der Waals surface area contributed by atoms with Gasteiger partial charge in [0.1, 0.15) is 6.04 Å². The Morgan fingerprint density at radius 1 is 1.11 bits per heavy atom. The van der Waals surface area contributed by atoms with Crippen LogP contribution in [0.3, 0.4) is 0 Å². The molecule has 6 nitrogen and oxygen atoms in total. The Morgan fingerprint density at radius 3 is 2.52 bits per heavy atom. The van der Waals surface area contributed by atoms with Crippen LogP contribution >= 0.6 is 15.9 Å². The highest BCUT2D eigenvalue weighted by Gasteiger charge is 2.20. The molecule has 3 rings (SSSR count). The van der Waals surface area contributed by atoms with Gasteiger partial charge in [-0.15, -0.1) is 10.2 Å². The van der Waals surface area contributed by atoms with Crippen molar-refractivity contribution in [1.82, 2.24) is 25.5 Å². The lowest BCUT2D eigenvalue weighted by Crippen LogP contribution is -2.38. The summed E-state index contributed by atoms with van der Waals surface area (Å²) in [5.74, 6) is 0.384. The number of rotatable bonds is 7. The monoisotopic (exact) mass is 427 g/mol. The summed E-state index contributed by atoms with van der Waals surface area (Å²) < 4.78 is 0.982. The quantitative estimate of drug-likeness (QED) is 0.622. The third-order valence-corrected chi connectivity index (χ3v) is 4.88. The molecule has 1 aromatic heterocycles. The molecular weight excluding hydrogens is 406 g/mol. The van der Waals surface area contributed by atoms with Crippen LogP contribution in [0.1, 0.15) is 31.9 Å². The predicted octanol–water partition coefficient (Wildman–Crippen LogP) is 3.80. The van der Waals surface area contributed by atoms with E-state index in [2.05, 4.69) is 48.8 Å². The van der Waals surface area contributed by atoms with Crippen molar-refractivity contribution in [3.8, 4) is 11.4 Å². The maximum absolute atomic E-state index is 12.5. The Balaban J connectivity index is 1.56. The first-order valence-electron chi connectivity index (χ1n) is 8.92. The first-order chi connectivity index (χ1) is 13.0. The highest BCUT2D eigenvalue weighted by Crippen LogP contribution is 2.18. The van der Waals surface area contributed by atoms with Crippen molar-refractivity contribution in [3.05, 3.63) is 64.6 Å². The van der Waals surface area contributed by atoms with Crippen molar-refractivity contribution in [2.24, 2.45) is 0 Å². The van der Waals surface area contributed by atoms with E-state index >= 15 is 0 Å². The van der Waals surface area contributed by atoms with Crippen LogP contribution in [0, 0.1) is 0 Å². The zero-order chi connectivity index (χ0) is 19.2. The van der Waals surface area contributed by atoms with E-state index in [0.717, 1.165) is 22.9 Å². The largest absolute Gasteiger partial charge is 0.352 e. The number of carbonyl (C=O) groups is 1. The molecule has 0 fully saturated rings. The maximum atomic E-state index is 12.5. The molecule has 1 N–H and O–H groups in total. The van der Waals surface area contributed by atoms with Crippen LogP contribution in [-0.2, 0) is 11.2 Å².